The van der Waals surface area contributed by atoms with Crippen LogP contribution in [-0.4, -0.2) is 21.4 Å². The number of anilines is 1. The molecule has 0 spiro atoms. The van der Waals surface area contributed by atoms with Crippen molar-refractivity contribution >= 4 is 33.2 Å². The molecule has 0 bridgehead atoms. The van der Waals surface area contributed by atoms with Gasteiger partial charge >= 0.3 is 0 Å². The predicted molar refractivity (Wildman–Crippen MR) is 110 cm³/mol. The van der Waals surface area contributed by atoms with Crippen LogP contribution < -0.4 is 10.0 Å². The van der Waals surface area contributed by atoms with Gasteiger partial charge in [0, 0.05) is 5.69 Å². The summed E-state index contributed by atoms with van der Waals surface area (Å²) < 4.78 is 26.2. The lowest BCUT2D eigenvalue weighted by molar-refractivity contribution is 0.102. The first-order valence-electron chi connectivity index (χ1n) is 8.65. The zero-order valence-corrected chi connectivity index (χ0v) is 16.6. The maximum atomic E-state index is 12.7. The number of rotatable bonds is 4. The lowest BCUT2D eigenvalue weighted by Gasteiger charge is -2.10. The quantitative estimate of drug-likeness (QED) is 0.530. The summed E-state index contributed by atoms with van der Waals surface area (Å²) in [7, 11) is -2.36. The van der Waals surface area contributed by atoms with Crippen molar-refractivity contribution in [1.29, 1.82) is 0 Å². The van der Waals surface area contributed by atoms with E-state index in [1.807, 2.05) is 30.3 Å². The number of hydrogen-bond acceptors (Lipinski definition) is 3. The fourth-order valence-corrected chi connectivity index (χ4v) is 4.34. The van der Waals surface area contributed by atoms with E-state index in [1.54, 1.807) is 0 Å². The lowest BCUT2D eigenvalue weighted by atomic mass is 10.1. The Morgan fingerprint density at radius 2 is 1.71 bits per heavy atom. The van der Waals surface area contributed by atoms with E-state index in [0.717, 1.165) is 17.5 Å². The molecule has 0 aromatic heterocycles. The summed E-state index contributed by atoms with van der Waals surface area (Å²) in [6, 6.07) is 18.0. The first-order chi connectivity index (χ1) is 13.4. The molecule has 5 nitrogen and oxygen atoms in total. The van der Waals surface area contributed by atoms with Crippen LogP contribution in [0.15, 0.2) is 65.6 Å². The van der Waals surface area contributed by atoms with Crippen LogP contribution in [0, 0.1) is 0 Å². The van der Waals surface area contributed by atoms with Gasteiger partial charge in [-0.15, -0.1) is 0 Å². The monoisotopic (exact) mass is 412 g/mol. The van der Waals surface area contributed by atoms with Crippen LogP contribution in [0.4, 0.5) is 5.69 Å². The van der Waals surface area contributed by atoms with Crippen molar-refractivity contribution in [2.75, 3.05) is 12.4 Å². The van der Waals surface area contributed by atoms with Crippen molar-refractivity contribution in [2.45, 2.75) is 11.3 Å². The molecule has 0 saturated carbocycles. The fourth-order valence-electron chi connectivity index (χ4n) is 3.38. The second kappa shape index (κ2) is 7.05. The minimum Gasteiger partial charge on any atom is -0.322 e. The van der Waals surface area contributed by atoms with E-state index >= 15 is 0 Å². The average molecular weight is 413 g/mol. The van der Waals surface area contributed by atoms with Gasteiger partial charge in [-0.2, -0.15) is 0 Å². The number of carbonyl (C=O) groups is 1. The third kappa shape index (κ3) is 3.30. The van der Waals surface area contributed by atoms with Crippen LogP contribution in [0.5, 0.6) is 0 Å². The molecule has 0 heterocycles. The molecule has 4 rings (SSSR count). The number of nitrogens with one attached hydrogen (secondary N) is 2. The minimum absolute atomic E-state index is 0.0195. The molecule has 7 heteroatoms. The molecule has 0 unspecified atom stereocenters. The third-order valence-corrected chi connectivity index (χ3v) is 6.55. The van der Waals surface area contributed by atoms with E-state index in [-0.39, 0.29) is 15.5 Å². The molecule has 0 fully saturated rings. The summed E-state index contributed by atoms with van der Waals surface area (Å²) in [5.74, 6) is -0.464. The van der Waals surface area contributed by atoms with Crippen LogP contribution in [0.1, 0.15) is 21.5 Å². The van der Waals surface area contributed by atoms with Gasteiger partial charge in [0.25, 0.3) is 5.91 Å². The maximum Gasteiger partial charge on any atom is 0.257 e. The van der Waals surface area contributed by atoms with Gasteiger partial charge in [-0.3, -0.25) is 4.79 Å². The number of carbonyl (C=O) groups excluding carboxylic acids is 1. The molecule has 0 aliphatic heterocycles. The van der Waals surface area contributed by atoms with Crippen LogP contribution in [-0.2, 0) is 16.4 Å². The van der Waals surface area contributed by atoms with Gasteiger partial charge in [0.1, 0.15) is 0 Å². The Kier molecular flexibility index (Phi) is 4.71. The average Bonchev–Trinajstić information content (AvgIpc) is 3.05. The molecule has 2 N–H and O–H groups in total. The lowest BCUT2D eigenvalue weighted by Crippen LogP contribution is -2.20. The Morgan fingerprint density at radius 3 is 2.50 bits per heavy atom. The Labute approximate surface area is 168 Å². The molecule has 3 aromatic rings. The van der Waals surface area contributed by atoms with Gasteiger partial charge in [-0.05, 0) is 66.1 Å². The highest BCUT2D eigenvalue weighted by Crippen LogP contribution is 2.37. The minimum atomic E-state index is -3.67. The van der Waals surface area contributed by atoms with Crippen molar-refractivity contribution in [2.24, 2.45) is 0 Å². The van der Waals surface area contributed by atoms with Gasteiger partial charge in [-0.1, -0.05) is 41.9 Å². The second-order valence-electron chi connectivity index (χ2n) is 6.51. The molecule has 1 aliphatic carbocycles. The Bertz CT molecular complexity index is 1210. The Hall–Kier alpha value is -2.67. The van der Waals surface area contributed by atoms with E-state index in [1.165, 1.54) is 36.4 Å². The van der Waals surface area contributed by atoms with Crippen LogP contribution in [0.3, 0.4) is 0 Å². The smallest absolute Gasteiger partial charge is 0.257 e. The van der Waals surface area contributed by atoms with Crippen molar-refractivity contribution in [3.63, 3.8) is 0 Å². The fraction of sp³-hybridized carbons (Fsp3) is 0.0952. The van der Waals surface area contributed by atoms with Crippen LogP contribution in [0.25, 0.3) is 11.1 Å². The summed E-state index contributed by atoms with van der Waals surface area (Å²) in [5, 5.41) is 3.00. The second-order valence-corrected chi connectivity index (χ2v) is 8.80. The normalized spacial score (nSPS) is 12.4. The Morgan fingerprint density at radius 1 is 0.964 bits per heavy atom. The van der Waals surface area contributed by atoms with Gasteiger partial charge < -0.3 is 5.32 Å². The third-order valence-electron chi connectivity index (χ3n) is 4.81. The summed E-state index contributed by atoms with van der Waals surface area (Å²) in [4.78, 5) is 12.7. The zero-order valence-electron chi connectivity index (χ0n) is 15.0. The van der Waals surface area contributed by atoms with Gasteiger partial charge in [-0.25, -0.2) is 13.1 Å². The van der Waals surface area contributed by atoms with Gasteiger partial charge in [0.05, 0.1) is 15.5 Å². The standard InChI is InChI=1S/C21H17ClN2O3S/c1-23-28(26,27)16-7-9-20(22)19(12-16)21(25)24-15-6-8-18-14(11-15)10-13-4-2-3-5-17(13)18/h2-9,11-12,23H,10H2,1H3,(H,24,25). The summed E-state index contributed by atoms with van der Waals surface area (Å²) in [5.41, 5.74) is 5.50. The summed E-state index contributed by atoms with van der Waals surface area (Å²) >= 11 is 6.13. The molecule has 1 amide bonds. The highest BCUT2D eigenvalue weighted by molar-refractivity contribution is 7.89. The van der Waals surface area contributed by atoms with Crippen LogP contribution >= 0.6 is 11.6 Å². The molecule has 3 aromatic carbocycles. The first-order valence-corrected chi connectivity index (χ1v) is 10.5. The molecule has 0 radical (unpaired) electrons. The zero-order chi connectivity index (χ0) is 19.9. The molecular formula is C21H17ClN2O3S. The van der Waals surface area contributed by atoms with Gasteiger partial charge in [0.15, 0.2) is 0 Å². The maximum absolute atomic E-state index is 12.7. The van der Waals surface area contributed by atoms with E-state index < -0.39 is 15.9 Å². The van der Waals surface area contributed by atoms with Crippen molar-refractivity contribution in [3.8, 4) is 11.1 Å². The molecule has 1 aliphatic rings. The number of fused-ring (bicyclic) bond motifs is 3. The highest BCUT2D eigenvalue weighted by Gasteiger charge is 2.20. The van der Waals surface area contributed by atoms with Crippen LogP contribution in [0.2, 0.25) is 5.02 Å². The van der Waals surface area contributed by atoms with E-state index in [4.69, 9.17) is 11.6 Å². The number of halogens is 1. The summed E-state index contributed by atoms with van der Waals surface area (Å²) in [6.45, 7) is 0. The van der Waals surface area contributed by atoms with E-state index in [0.29, 0.717) is 5.69 Å². The molecule has 28 heavy (non-hydrogen) atoms. The van der Waals surface area contributed by atoms with E-state index in [9.17, 15) is 13.2 Å². The van der Waals surface area contributed by atoms with Crippen molar-refractivity contribution in [3.05, 3.63) is 82.4 Å². The topological polar surface area (TPSA) is 75.3 Å². The highest BCUT2D eigenvalue weighted by atomic mass is 35.5. The molecule has 0 atom stereocenters. The molecular weight excluding hydrogens is 396 g/mol. The van der Waals surface area contributed by atoms with Gasteiger partial charge in [0.2, 0.25) is 10.0 Å². The number of amides is 1. The number of hydrogen-bond donors (Lipinski definition) is 2. The number of benzene rings is 3. The SMILES string of the molecule is CNS(=O)(=O)c1ccc(Cl)c(C(=O)Nc2ccc3c(c2)Cc2ccccc2-3)c1. The van der Waals surface area contributed by atoms with E-state index in [2.05, 4.69) is 22.2 Å². The van der Waals surface area contributed by atoms with Crippen molar-refractivity contribution < 1.29 is 13.2 Å². The molecule has 142 valence electrons. The summed E-state index contributed by atoms with van der Waals surface area (Å²) in [6.07, 6.45) is 0.811. The predicted octanol–water partition coefficient (Wildman–Crippen LogP) is 4.07. The largest absolute Gasteiger partial charge is 0.322 e. The Balaban J connectivity index is 1.62. The molecule has 0 saturated heterocycles. The first kappa shape index (κ1) is 18.7. The number of sulfonamides is 1. The van der Waals surface area contributed by atoms with Crippen molar-refractivity contribution in [1.82, 2.24) is 4.72 Å².